The molecule has 0 radical (unpaired) electrons. The Morgan fingerprint density at radius 2 is 0.826 bits per heavy atom. The van der Waals surface area contributed by atoms with Crippen LogP contribution in [0.1, 0.15) is 41.4 Å². The van der Waals surface area contributed by atoms with Gasteiger partial charge in [-0.05, 0) is 60.7 Å². The van der Waals surface area contributed by atoms with Gasteiger partial charge in [-0.2, -0.15) is 0 Å². The second kappa shape index (κ2) is 12.2. The molecule has 234 valence electrons. The third kappa shape index (κ3) is 4.99. The lowest BCUT2D eigenvalue weighted by atomic mass is 9.91. The Kier molecular flexibility index (Phi) is 7.93. The van der Waals surface area contributed by atoms with E-state index < -0.39 is 23.1 Å². The summed E-state index contributed by atoms with van der Waals surface area (Å²) in [5.41, 5.74) is 0.400. The Hall–Kier alpha value is -6.04. The number of ether oxygens (including phenoxy) is 8. The molecule has 6 rings (SSSR count). The molecule has 0 saturated heterocycles. The number of fused-ring (bicyclic) bond motifs is 2. The minimum atomic E-state index is -0.887. The van der Waals surface area contributed by atoms with Crippen molar-refractivity contribution in [1.29, 1.82) is 0 Å². The molecule has 0 bridgehead atoms. The molecule has 0 amide bonds. The lowest BCUT2D eigenvalue weighted by molar-refractivity contribution is 0.0814. The number of rotatable bonds is 11. The van der Waals surface area contributed by atoms with Crippen LogP contribution in [-0.4, -0.2) is 65.2 Å². The molecule has 0 fully saturated rings. The second-order valence-corrected chi connectivity index (χ2v) is 9.91. The lowest BCUT2D eigenvalue weighted by Gasteiger charge is -2.18. The molecular weight excluding hydrogens is 600 g/mol. The van der Waals surface area contributed by atoms with Crippen molar-refractivity contribution in [3.63, 3.8) is 0 Å². The fraction of sp³-hybridized carbons (Fsp3) is 0.176. The molecule has 46 heavy (non-hydrogen) atoms. The van der Waals surface area contributed by atoms with E-state index in [0.29, 0.717) is 11.5 Å². The van der Waals surface area contributed by atoms with Gasteiger partial charge in [-0.25, -0.2) is 0 Å². The van der Waals surface area contributed by atoms with Gasteiger partial charge in [0.05, 0.1) is 39.6 Å². The van der Waals surface area contributed by atoms with Crippen molar-refractivity contribution in [3.05, 3.63) is 82.9 Å². The summed E-state index contributed by atoms with van der Waals surface area (Å²) in [6.45, 7) is -0.491. The standard InChI is InChI=1S/C34H26O12/c1-39-19-9-5-17(6-10-19)25(35)27(37)23-13-21(29(41-3)33-31(23)43-15-45-33)22-14-24(32-34(30(22)42-4)46-16-44-32)28(38)26(36)18-7-11-20(40-2)12-8-18/h5-14H,15-16H2,1-4H3. The first-order valence-corrected chi connectivity index (χ1v) is 13.8. The van der Waals surface area contributed by atoms with Gasteiger partial charge in [0.15, 0.2) is 23.0 Å². The van der Waals surface area contributed by atoms with Crippen molar-refractivity contribution < 1.29 is 57.1 Å². The summed E-state index contributed by atoms with van der Waals surface area (Å²) >= 11 is 0. The molecule has 0 aliphatic carbocycles. The minimum absolute atomic E-state index is 0.0122. The van der Waals surface area contributed by atoms with Gasteiger partial charge in [-0.1, -0.05) is 0 Å². The molecule has 12 heteroatoms. The molecular formula is C34H26O12. The number of carbonyl (C=O) groups excluding carboxylic acids is 4. The van der Waals surface area contributed by atoms with Crippen LogP contribution < -0.4 is 37.9 Å². The normalized spacial score (nSPS) is 12.3. The minimum Gasteiger partial charge on any atom is -0.497 e. The molecule has 4 aromatic carbocycles. The fourth-order valence-electron chi connectivity index (χ4n) is 5.22. The predicted octanol–water partition coefficient (Wildman–Crippen LogP) is 4.98. The topological polar surface area (TPSA) is 142 Å². The molecule has 0 spiro atoms. The van der Waals surface area contributed by atoms with Crippen molar-refractivity contribution in [2.24, 2.45) is 0 Å². The van der Waals surface area contributed by atoms with Gasteiger partial charge in [-0.15, -0.1) is 0 Å². The first kappa shape index (κ1) is 30.0. The maximum atomic E-state index is 13.7. The van der Waals surface area contributed by atoms with Crippen LogP contribution in [0.3, 0.4) is 0 Å². The largest absolute Gasteiger partial charge is 0.497 e. The smallest absolute Gasteiger partial charge is 0.237 e. The third-order valence-electron chi connectivity index (χ3n) is 7.50. The zero-order chi connectivity index (χ0) is 32.5. The Labute approximate surface area is 262 Å². The highest BCUT2D eigenvalue weighted by molar-refractivity contribution is 6.50. The average Bonchev–Trinajstić information content (AvgIpc) is 3.80. The van der Waals surface area contributed by atoms with Crippen molar-refractivity contribution in [2.75, 3.05) is 42.0 Å². The van der Waals surface area contributed by atoms with Crippen LogP contribution in [0.25, 0.3) is 11.1 Å². The van der Waals surface area contributed by atoms with Crippen LogP contribution in [0.15, 0.2) is 60.7 Å². The van der Waals surface area contributed by atoms with Gasteiger partial charge < -0.3 is 37.9 Å². The highest BCUT2D eigenvalue weighted by Gasteiger charge is 2.37. The number of Topliss-reactive ketones (excluding diaryl/α,β-unsaturated/α-hetero) is 4. The zero-order valence-corrected chi connectivity index (χ0v) is 25.1. The van der Waals surface area contributed by atoms with Gasteiger partial charge >= 0.3 is 0 Å². The average molecular weight is 627 g/mol. The fourth-order valence-corrected chi connectivity index (χ4v) is 5.22. The van der Waals surface area contributed by atoms with Gasteiger partial charge in [0, 0.05) is 22.3 Å². The highest BCUT2D eigenvalue weighted by atomic mass is 16.7. The van der Waals surface area contributed by atoms with Gasteiger partial charge in [0.2, 0.25) is 48.2 Å². The van der Waals surface area contributed by atoms with Gasteiger partial charge in [0.1, 0.15) is 11.5 Å². The summed E-state index contributed by atoms with van der Waals surface area (Å²) in [6.07, 6.45) is 0. The Bertz CT molecular complexity index is 1750. The van der Waals surface area contributed by atoms with E-state index >= 15 is 0 Å². The van der Waals surface area contributed by atoms with E-state index in [1.54, 1.807) is 24.3 Å². The SMILES string of the molecule is COc1ccc(C(=O)C(=O)c2cc(-c3cc(C(=O)C(=O)c4ccc(OC)cc4)c4c(c3OC)OCO4)c(OC)c3c2OCO3)cc1. The van der Waals surface area contributed by atoms with E-state index in [0.717, 1.165) is 0 Å². The molecule has 4 aromatic rings. The summed E-state index contributed by atoms with van der Waals surface area (Å²) in [5.74, 6) is -1.97. The van der Waals surface area contributed by atoms with E-state index in [1.807, 2.05) is 0 Å². The zero-order valence-electron chi connectivity index (χ0n) is 25.1. The molecule has 0 saturated carbocycles. The van der Waals surface area contributed by atoms with Crippen LogP contribution in [0.2, 0.25) is 0 Å². The second-order valence-electron chi connectivity index (χ2n) is 9.91. The summed E-state index contributed by atoms with van der Waals surface area (Å²) in [4.78, 5) is 54.1. The molecule has 2 aliphatic rings. The Morgan fingerprint density at radius 3 is 1.15 bits per heavy atom. The molecule has 0 unspecified atom stereocenters. The maximum Gasteiger partial charge on any atom is 0.237 e. The number of methoxy groups -OCH3 is 4. The number of carbonyl (C=O) groups is 4. The predicted molar refractivity (Wildman–Crippen MR) is 161 cm³/mol. The highest BCUT2D eigenvalue weighted by Crippen LogP contribution is 2.55. The first-order chi connectivity index (χ1) is 22.3. The Balaban J connectivity index is 1.51. The van der Waals surface area contributed by atoms with Crippen LogP contribution in [-0.2, 0) is 0 Å². The van der Waals surface area contributed by atoms with Crippen molar-refractivity contribution in [3.8, 4) is 57.1 Å². The Morgan fingerprint density at radius 1 is 0.478 bits per heavy atom. The van der Waals surface area contributed by atoms with Crippen molar-refractivity contribution in [1.82, 2.24) is 0 Å². The van der Waals surface area contributed by atoms with Crippen molar-refractivity contribution in [2.45, 2.75) is 0 Å². The monoisotopic (exact) mass is 626 g/mol. The van der Waals surface area contributed by atoms with Crippen LogP contribution in [0, 0.1) is 0 Å². The maximum absolute atomic E-state index is 13.7. The van der Waals surface area contributed by atoms with Crippen molar-refractivity contribution >= 4 is 23.1 Å². The van der Waals surface area contributed by atoms with E-state index in [1.165, 1.54) is 64.8 Å². The molecule has 0 N–H and O–H groups in total. The van der Waals surface area contributed by atoms with Gasteiger partial charge in [-0.3, -0.25) is 19.2 Å². The lowest BCUT2D eigenvalue weighted by Crippen LogP contribution is -2.16. The number of hydrogen-bond acceptors (Lipinski definition) is 12. The molecule has 0 atom stereocenters. The molecule has 2 heterocycles. The summed E-state index contributed by atoms with van der Waals surface area (Å²) in [6, 6.07) is 14.9. The summed E-state index contributed by atoms with van der Waals surface area (Å²) in [5, 5.41) is 0. The van der Waals surface area contributed by atoms with E-state index in [4.69, 9.17) is 37.9 Å². The van der Waals surface area contributed by atoms with E-state index in [-0.39, 0.29) is 81.5 Å². The first-order valence-electron chi connectivity index (χ1n) is 13.8. The molecule has 0 aromatic heterocycles. The summed E-state index contributed by atoms with van der Waals surface area (Å²) in [7, 11) is 5.73. The van der Waals surface area contributed by atoms with E-state index in [2.05, 4.69) is 0 Å². The van der Waals surface area contributed by atoms with Crippen LogP contribution in [0.4, 0.5) is 0 Å². The van der Waals surface area contributed by atoms with E-state index in [9.17, 15) is 19.2 Å². The number of benzene rings is 4. The van der Waals surface area contributed by atoms with Crippen LogP contribution in [0.5, 0.6) is 46.0 Å². The third-order valence-corrected chi connectivity index (χ3v) is 7.50. The quantitative estimate of drug-likeness (QED) is 0.164. The molecule has 2 aliphatic heterocycles. The summed E-state index contributed by atoms with van der Waals surface area (Å²) < 4.78 is 44.3. The molecule has 12 nitrogen and oxygen atoms in total. The number of ketones is 4. The van der Waals surface area contributed by atoms with Gasteiger partial charge in [0.25, 0.3) is 0 Å². The van der Waals surface area contributed by atoms with Crippen LogP contribution >= 0.6 is 0 Å². The number of hydrogen-bond donors (Lipinski definition) is 0.